The Balaban J connectivity index is 1.44. The van der Waals surface area contributed by atoms with Gasteiger partial charge in [-0.3, -0.25) is 4.79 Å². The van der Waals surface area contributed by atoms with Crippen molar-refractivity contribution >= 4 is 28.5 Å². The van der Waals surface area contributed by atoms with Gasteiger partial charge in [0.05, 0.1) is 22.8 Å². The maximum Gasteiger partial charge on any atom is 0.355 e. The molecule has 4 rings (SSSR count). The number of benzene rings is 2. The third kappa shape index (κ3) is 4.07. The number of amides is 1. The Kier molecular flexibility index (Phi) is 5.33. The molecule has 2 heterocycles. The highest BCUT2D eigenvalue weighted by molar-refractivity contribution is 5.98. The summed E-state index contributed by atoms with van der Waals surface area (Å²) in [6, 6.07) is 15.4. The number of aromatic nitrogens is 3. The SMILES string of the molecule is Cc1cc(C)c2cc(C(=O)OCC(=O)Nc3c(C)nn(-c4ccccc4)c3C)[nH]c2c1. The number of H-pyrrole nitrogens is 1. The zero-order valence-electron chi connectivity index (χ0n) is 17.9. The minimum Gasteiger partial charge on any atom is -0.451 e. The second-order valence-electron chi connectivity index (χ2n) is 7.64. The molecule has 1 amide bonds. The molecule has 0 saturated carbocycles. The average molecular weight is 416 g/mol. The van der Waals surface area contributed by atoms with Gasteiger partial charge in [0.1, 0.15) is 5.69 Å². The van der Waals surface area contributed by atoms with Crippen molar-refractivity contribution in [2.24, 2.45) is 0 Å². The first-order valence-corrected chi connectivity index (χ1v) is 10.0. The van der Waals surface area contributed by atoms with Gasteiger partial charge >= 0.3 is 5.97 Å². The minimum atomic E-state index is -0.572. The molecule has 2 N–H and O–H groups in total. The Hall–Kier alpha value is -3.87. The van der Waals surface area contributed by atoms with Gasteiger partial charge in [0.25, 0.3) is 5.91 Å². The van der Waals surface area contributed by atoms with Crippen LogP contribution in [0.5, 0.6) is 0 Å². The summed E-state index contributed by atoms with van der Waals surface area (Å²) in [5.41, 5.74) is 6.36. The largest absolute Gasteiger partial charge is 0.451 e. The van der Waals surface area contributed by atoms with Gasteiger partial charge in [0, 0.05) is 10.9 Å². The van der Waals surface area contributed by atoms with Crippen LogP contribution in [0, 0.1) is 27.7 Å². The Morgan fingerprint density at radius 3 is 2.55 bits per heavy atom. The van der Waals surface area contributed by atoms with Crippen molar-refractivity contribution in [2.75, 3.05) is 11.9 Å². The van der Waals surface area contributed by atoms with E-state index in [2.05, 4.69) is 21.5 Å². The first kappa shape index (κ1) is 20.4. The highest BCUT2D eigenvalue weighted by Gasteiger charge is 2.18. The van der Waals surface area contributed by atoms with E-state index in [9.17, 15) is 9.59 Å². The lowest BCUT2D eigenvalue weighted by atomic mass is 10.1. The highest BCUT2D eigenvalue weighted by atomic mass is 16.5. The van der Waals surface area contributed by atoms with Crippen LogP contribution in [0.2, 0.25) is 0 Å². The molecule has 7 nitrogen and oxygen atoms in total. The van der Waals surface area contributed by atoms with E-state index >= 15 is 0 Å². The van der Waals surface area contributed by atoms with E-state index in [1.165, 1.54) is 0 Å². The summed E-state index contributed by atoms with van der Waals surface area (Å²) in [6.45, 7) is 7.30. The van der Waals surface area contributed by atoms with Gasteiger partial charge in [0.2, 0.25) is 0 Å². The first-order valence-electron chi connectivity index (χ1n) is 10.0. The summed E-state index contributed by atoms with van der Waals surface area (Å²) in [5.74, 6) is -0.993. The Morgan fingerprint density at radius 1 is 1.06 bits per heavy atom. The molecule has 0 aliphatic rings. The summed E-state index contributed by atoms with van der Waals surface area (Å²) < 4.78 is 6.99. The van der Waals surface area contributed by atoms with Crippen LogP contribution in [0.25, 0.3) is 16.6 Å². The predicted molar refractivity (Wildman–Crippen MR) is 120 cm³/mol. The van der Waals surface area contributed by atoms with Gasteiger partial charge in [-0.1, -0.05) is 24.3 Å². The van der Waals surface area contributed by atoms with Crippen molar-refractivity contribution in [3.8, 4) is 5.69 Å². The van der Waals surface area contributed by atoms with E-state index in [-0.39, 0.29) is 6.61 Å². The average Bonchev–Trinajstić information content (AvgIpc) is 3.29. The lowest BCUT2D eigenvalue weighted by molar-refractivity contribution is -0.119. The number of aromatic amines is 1. The number of hydrogen-bond acceptors (Lipinski definition) is 4. The van der Waals surface area contributed by atoms with Crippen molar-refractivity contribution < 1.29 is 14.3 Å². The Bertz CT molecular complexity index is 1290. The van der Waals surface area contributed by atoms with Gasteiger partial charge in [0.15, 0.2) is 6.61 Å². The number of fused-ring (bicyclic) bond motifs is 1. The maximum atomic E-state index is 12.4. The fourth-order valence-corrected chi connectivity index (χ4v) is 3.74. The normalized spacial score (nSPS) is 11.0. The number of rotatable bonds is 5. The van der Waals surface area contributed by atoms with Crippen LogP contribution in [0.1, 0.15) is 33.0 Å². The van der Waals surface area contributed by atoms with Gasteiger partial charge in [-0.15, -0.1) is 0 Å². The van der Waals surface area contributed by atoms with Crippen LogP contribution >= 0.6 is 0 Å². The van der Waals surface area contributed by atoms with E-state index in [1.54, 1.807) is 10.7 Å². The number of nitrogens with one attached hydrogen (secondary N) is 2. The number of nitrogens with zero attached hydrogens (tertiary/aromatic N) is 2. The molecule has 2 aromatic carbocycles. The van der Waals surface area contributed by atoms with Crippen molar-refractivity contribution in [3.05, 3.63) is 76.7 Å². The smallest absolute Gasteiger partial charge is 0.355 e. The lowest BCUT2D eigenvalue weighted by Crippen LogP contribution is -2.21. The number of carbonyl (C=O) groups excluding carboxylic acids is 2. The summed E-state index contributed by atoms with van der Waals surface area (Å²) in [6.07, 6.45) is 0. The number of esters is 1. The van der Waals surface area contributed by atoms with E-state index < -0.39 is 11.9 Å². The third-order valence-corrected chi connectivity index (χ3v) is 5.20. The van der Waals surface area contributed by atoms with Crippen molar-refractivity contribution in [1.29, 1.82) is 0 Å². The number of aryl methyl sites for hydroxylation is 3. The zero-order valence-corrected chi connectivity index (χ0v) is 17.9. The van der Waals surface area contributed by atoms with E-state index in [1.807, 2.05) is 64.1 Å². The van der Waals surface area contributed by atoms with Crippen molar-refractivity contribution in [2.45, 2.75) is 27.7 Å². The van der Waals surface area contributed by atoms with Crippen LogP contribution in [0.15, 0.2) is 48.5 Å². The summed E-state index contributed by atoms with van der Waals surface area (Å²) in [4.78, 5) is 27.9. The van der Waals surface area contributed by atoms with Crippen LogP contribution in [0.3, 0.4) is 0 Å². The summed E-state index contributed by atoms with van der Waals surface area (Å²) in [5, 5.41) is 8.27. The second kappa shape index (κ2) is 8.10. The summed E-state index contributed by atoms with van der Waals surface area (Å²) in [7, 11) is 0. The topological polar surface area (TPSA) is 89.0 Å². The van der Waals surface area contributed by atoms with Crippen molar-refractivity contribution in [1.82, 2.24) is 14.8 Å². The molecule has 7 heteroatoms. The molecule has 0 aliphatic carbocycles. The van der Waals surface area contributed by atoms with Gasteiger partial charge in [-0.2, -0.15) is 5.10 Å². The molecule has 31 heavy (non-hydrogen) atoms. The second-order valence-corrected chi connectivity index (χ2v) is 7.64. The molecule has 0 unspecified atom stereocenters. The third-order valence-electron chi connectivity index (χ3n) is 5.20. The highest BCUT2D eigenvalue weighted by Crippen LogP contribution is 2.23. The maximum absolute atomic E-state index is 12.4. The predicted octanol–water partition coefficient (Wildman–Crippen LogP) is 4.38. The van der Waals surface area contributed by atoms with Crippen LogP contribution < -0.4 is 5.32 Å². The molecule has 0 bridgehead atoms. The molecule has 0 atom stereocenters. The lowest BCUT2D eigenvalue weighted by Gasteiger charge is -2.07. The molecule has 0 saturated heterocycles. The Labute approximate surface area is 180 Å². The number of ether oxygens (including phenoxy) is 1. The van der Waals surface area contributed by atoms with Crippen LogP contribution in [-0.4, -0.2) is 33.2 Å². The van der Waals surface area contributed by atoms with Gasteiger partial charge in [-0.05, 0) is 63.1 Å². The number of anilines is 1. The molecular weight excluding hydrogens is 392 g/mol. The molecule has 4 aromatic rings. The van der Waals surface area contributed by atoms with Crippen LogP contribution in [-0.2, 0) is 9.53 Å². The van der Waals surface area contributed by atoms with Gasteiger partial charge in [-0.25, -0.2) is 9.48 Å². The van der Waals surface area contributed by atoms with E-state index in [0.717, 1.165) is 33.4 Å². The monoisotopic (exact) mass is 416 g/mol. The van der Waals surface area contributed by atoms with E-state index in [0.29, 0.717) is 17.1 Å². The number of hydrogen-bond donors (Lipinski definition) is 2. The molecule has 0 aliphatic heterocycles. The molecule has 2 aromatic heterocycles. The Morgan fingerprint density at radius 2 is 1.81 bits per heavy atom. The van der Waals surface area contributed by atoms with Crippen molar-refractivity contribution in [3.63, 3.8) is 0 Å². The first-order chi connectivity index (χ1) is 14.8. The van der Waals surface area contributed by atoms with Gasteiger partial charge < -0.3 is 15.0 Å². The fourth-order valence-electron chi connectivity index (χ4n) is 3.74. The quantitative estimate of drug-likeness (QED) is 0.473. The molecule has 0 fully saturated rings. The number of para-hydroxylation sites is 1. The standard InChI is InChI=1S/C24H24N4O3/c1-14-10-15(2)19-12-21(25-20(19)11-14)24(30)31-13-22(29)26-23-16(3)27-28(17(23)4)18-8-6-5-7-9-18/h5-12,25H,13H2,1-4H3,(H,26,29). The minimum absolute atomic E-state index is 0.320. The summed E-state index contributed by atoms with van der Waals surface area (Å²) >= 11 is 0. The molecular formula is C24H24N4O3. The number of carbonyl (C=O) groups is 2. The van der Waals surface area contributed by atoms with E-state index in [4.69, 9.17) is 4.74 Å². The molecule has 0 radical (unpaired) electrons. The van der Waals surface area contributed by atoms with Crippen LogP contribution in [0.4, 0.5) is 5.69 Å². The molecule has 158 valence electrons. The molecule has 0 spiro atoms. The fraction of sp³-hybridized carbons (Fsp3) is 0.208. The zero-order chi connectivity index (χ0) is 22.1.